The van der Waals surface area contributed by atoms with Crippen LogP contribution in [0.15, 0.2) is 0 Å². The lowest BCUT2D eigenvalue weighted by Gasteiger charge is -1.81. The Bertz CT molecular complexity index is 12.0. The quantitative estimate of drug-likeness (QED) is 0.501. The number of hydrogen-bond donors (Lipinski definition) is 0. The Kier molecular flexibility index (Phi) is 117. The minimum absolute atomic E-state index is 0.380. The van der Waals surface area contributed by atoms with E-state index in [-0.39, 0.29) is 0 Å². The highest BCUT2D eigenvalue weighted by Gasteiger charge is 1.65. The van der Waals surface area contributed by atoms with E-state index in [1.165, 1.54) is 0 Å². The van der Waals surface area contributed by atoms with Gasteiger partial charge in [0.1, 0.15) is 0 Å². The van der Waals surface area contributed by atoms with Gasteiger partial charge in [0.2, 0.25) is 0 Å². The van der Waals surface area contributed by atoms with Gasteiger partial charge in [-0.3, -0.25) is 0 Å². The Morgan fingerprint density at radius 3 is 0.700 bits per heavy atom. The molecule has 0 spiro atoms. The fourth-order valence-corrected chi connectivity index (χ4v) is 0. The van der Waals surface area contributed by atoms with Crippen molar-refractivity contribution >= 4 is 17.2 Å². The highest BCUT2D eigenvalue weighted by molar-refractivity contribution is 7.55. The molecule has 0 N–H and O–H groups in total. The van der Waals surface area contributed by atoms with Crippen LogP contribution >= 0.6 is 17.2 Å². The number of hydrogen-bond acceptors (Lipinski definition) is 0. The zero-order valence-electron chi connectivity index (χ0n) is 9.02. The number of rotatable bonds is 0. The van der Waals surface area contributed by atoms with Crippen LogP contribution in [0.1, 0.15) is 27.7 Å². The van der Waals surface area contributed by atoms with Crippen LogP contribution < -0.4 is 0 Å². The van der Waals surface area contributed by atoms with E-state index in [0.29, 0.717) is 7.92 Å². The van der Waals surface area contributed by atoms with Crippen molar-refractivity contribution in [2.45, 2.75) is 27.7 Å². The van der Waals surface area contributed by atoms with E-state index >= 15 is 0 Å². The van der Waals surface area contributed by atoms with E-state index in [0.717, 1.165) is 0 Å². The molecule has 68 valence electrons. The molecule has 10 heavy (non-hydrogen) atoms. The van der Waals surface area contributed by atoms with Gasteiger partial charge in [0.25, 0.3) is 0 Å². The summed E-state index contributed by atoms with van der Waals surface area (Å²) in [4.78, 5) is 0. The average Bonchev–Trinajstić information content (AvgIpc) is 1.98. The fraction of sp³-hybridized carbons (Fsp3) is 1.00. The summed E-state index contributed by atoms with van der Waals surface area (Å²) in [6.45, 7) is 16.6. The second-order valence-corrected chi connectivity index (χ2v) is 4.02. The second kappa shape index (κ2) is 51.9. The molecule has 0 bridgehead atoms. The monoisotopic (exact) mass is 184 g/mol. The summed E-state index contributed by atoms with van der Waals surface area (Å²) in [6, 6.07) is 0. The maximum atomic E-state index is 2.42. The maximum absolute atomic E-state index is 2.42. The molecule has 0 saturated heterocycles. The van der Waals surface area contributed by atoms with Crippen molar-refractivity contribution in [1.82, 2.24) is 0 Å². The van der Waals surface area contributed by atoms with Gasteiger partial charge in [-0.25, -0.2) is 0 Å². The van der Waals surface area contributed by atoms with Crippen molar-refractivity contribution in [2.24, 2.45) is 0 Å². The summed E-state index contributed by atoms with van der Waals surface area (Å²) in [5.41, 5.74) is 0. The molecule has 0 aromatic carbocycles. The van der Waals surface area contributed by atoms with Crippen LogP contribution in [0, 0.1) is 0 Å². The molecule has 0 radical (unpaired) electrons. The van der Waals surface area contributed by atoms with E-state index in [1.807, 2.05) is 34.4 Å². The zero-order chi connectivity index (χ0) is 9.58. The summed E-state index contributed by atoms with van der Waals surface area (Å²) >= 11 is 0. The zero-order valence-corrected chi connectivity index (χ0v) is 11.1. The molecule has 2 heteroatoms. The van der Waals surface area contributed by atoms with Gasteiger partial charge in [-0.2, -0.15) is 0 Å². The molecule has 0 amide bonds. The summed E-state index contributed by atoms with van der Waals surface area (Å²) in [6.07, 6.45) is 0. The Morgan fingerprint density at radius 1 is 0.700 bits per heavy atom. The van der Waals surface area contributed by atoms with E-state index in [4.69, 9.17) is 0 Å². The van der Waals surface area contributed by atoms with Gasteiger partial charge in [0, 0.05) is 0 Å². The fourth-order valence-electron chi connectivity index (χ4n) is 0. The molecule has 0 nitrogen and oxygen atoms in total. The standard InChI is InChI=1S/C3H9P.2C2H6.CH5P/c1-4(2)3;3*1-2/h1-3H3;2*1-2H3;2H2,1H3. The first-order valence-electron chi connectivity index (χ1n) is 3.92. The van der Waals surface area contributed by atoms with Gasteiger partial charge < -0.3 is 0 Å². The second-order valence-electron chi connectivity index (χ2n) is 1.34. The molecule has 1 unspecified atom stereocenters. The smallest absolute Gasteiger partial charge is 0.0449 e. The lowest BCUT2D eigenvalue weighted by Crippen LogP contribution is -1.48. The van der Waals surface area contributed by atoms with Gasteiger partial charge in [-0.1, -0.05) is 34.4 Å². The molecule has 0 fully saturated rings. The van der Waals surface area contributed by atoms with Crippen LogP contribution in [-0.2, 0) is 0 Å². The van der Waals surface area contributed by atoms with Crippen molar-refractivity contribution < 1.29 is 0 Å². The van der Waals surface area contributed by atoms with Crippen LogP contribution in [0.4, 0.5) is 0 Å². The van der Waals surface area contributed by atoms with Gasteiger partial charge in [-0.05, 0) is 20.0 Å². The SMILES string of the molecule is CC.CC.CP.CP(C)C. The van der Waals surface area contributed by atoms with Crippen molar-refractivity contribution in [3.05, 3.63) is 0 Å². The molecular weight excluding hydrogens is 158 g/mol. The van der Waals surface area contributed by atoms with E-state index in [2.05, 4.69) is 29.2 Å². The van der Waals surface area contributed by atoms with Crippen LogP contribution in [0.5, 0.6) is 0 Å². The molecule has 0 saturated carbocycles. The summed E-state index contributed by atoms with van der Waals surface area (Å²) in [5.74, 6) is 0. The van der Waals surface area contributed by atoms with Crippen LogP contribution in [-0.4, -0.2) is 26.7 Å². The Labute approximate surface area is 72.1 Å². The summed E-state index contributed by atoms with van der Waals surface area (Å²) in [7, 11) is 2.80. The first-order chi connectivity index (χ1) is 4.73. The normalized spacial score (nSPS) is 5.40. The topological polar surface area (TPSA) is 0 Å². The largest absolute Gasteiger partial charge is 0.141 e. The lowest BCUT2D eigenvalue weighted by atomic mass is 11.0. The molecule has 0 aliphatic heterocycles. The van der Waals surface area contributed by atoms with E-state index < -0.39 is 0 Å². The maximum Gasteiger partial charge on any atom is -0.0449 e. The van der Waals surface area contributed by atoms with Gasteiger partial charge in [0.05, 0.1) is 0 Å². The predicted octanol–water partition coefficient (Wildman–Crippen LogP) is 3.90. The van der Waals surface area contributed by atoms with Gasteiger partial charge in [0.15, 0.2) is 0 Å². The van der Waals surface area contributed by atoms with Crippen LogP contribution in [0.25, 0.3) is 0 Å². The first kappa shape index (κ1) is 22.4. The highest BCUT2D eigenvalue weighted by atomic mass is 31.1. The van der Waals surface area contributed by atoms with Crippen molar-refractivity contribution in [3.8, 4) is 0 Å². The molecular formula is C8H26P2. The Morgan fingerprint density at radius 2 is 0.700 bits per heavy atom. The van der Waals surface area contributed by atoms with Gasteiger partial charge >= 0.3 is 0 Å². The summed E-state index contributed by atoms with van der Waals surface area (Å²) in [5, 5.41) is 0. The molecule has 0 aromatic rings. The van der Waals surface area contributed by atoms with Gasteiger partial charge in [-0.15, -0.1) is 17.2 Å². The van der Waals surface area contributed by atoms with Crippen LogP contribution in [0.2, 0.25) is 0 Å². The van der Waals surface area contributed by atoms with E-state index in [9.17, 15) is 0 Å². The minimum atomic E-state index is 0.380. The van der Waals surface area contributed by atoms with Crippen molar-refractivity contribution in [1.29, 1.82) is 0 Å². The Balaban J connectivity index is -0.0000000262. The van der Waals surface area contributed by atoms with E-state index in [1.54, 1.807) is 0 Å². The average molecular weight is 184 g/mol. The third-order valence-electron chi connectivity index (χ3n) is 0. The molecule has 0 aliphatic carbocycles. The molecule has 0 aromatic heterocycles. The molecule has 0 aliphatic rings. The Hall–Kier alpha value is 0.860. The van der Waals surface area contributed by atoms with Crippen molar-refractivity contribution in [2.75, 3.05) is 26.7 Å². The third-order valence-corrected chi connectivity index (χ3v) is 0. The predicted molar refractivity (Wildman–Crippen MR) is 63.0 cm³/mol. The minimum Gasteiger partial charge on any atom is -0.141 e. The summed E-state index contributed by atoms with van der Waals surface area (Å²) < 4.78 is 0. The highest BCUT2D eigenvalue weighted by Crippen LogP contribution is 2.14. The molecule has 0 heterocycles. The third kappa shape index (κ3) is 740. The van der Waals surface area contributed by atoms with Crippen LogP contribution in [0.3, 0.4) is 0 Å². The van der Waals surface area contributed by atoms with Crippen molar-refractivity contribution in [3.63, 3.8) is 0 Å². The molecule has 1 atom stereocenters. The first-order valence-corrected chi connectivity index (χ1v) is 7.76. The molecule has 0 rings (SSSR count). The lowest BCUT2D eigenvalue weighted by molar-refractivity contribution is 1.50.